The van der Waals surface area contributed by atoms with E-state index in [1.54, 1.807) is 4.90 Å². The van der Waals surface area contributed by atoms with Crippen LogP contribution in [-0.4, -0.2) is 35.9 Å². The Kier molecular flexibility index (Phi) is 5.23. The van der Waals surface area contributed by atoms with Crippen LogP contribution in [-0.2, 0) is 14.3 Å². The van der Waals surface area contributed by atoms with Crippen LogP contribution >= 0.6 is 0 Å². The van der Waals surface area contributed by atoms with Gasteiger partial charge in [0.1, 0.15) is 6.10 Å². The molecule has 1 rings (SSSR count). The van der Waals surface area contributed by atoms with Gasteiger partial charge in [0.25, 0.3) is 0 Å². The molecule has 0 bridgehead atoms. The van der Waals surface area contributed by atoms with Crippen LogP contribution in [0.4, 0.5) is 0 Å². The average Bonchev–Trinajstić information content (AvgIpc) is 2.75. The van der Waals surface area contributed by atoms with Crippen molar-refractivity contribution in [3.05, 3.63) is 23.9 Å². The summed E-state index contributed by atoms with van der Waals surface area (Å²) in [7, 11) is 0. The lowest BCUT2D eigenvalue weighted by atomic mass is 10.3. The van der Waals surface area contributed by atoms with E-state index in [4.69, 9.17) is 16.2 Å². The molecule has 0 aromatic rings. The van der Waals surface area contributed by atoms with Gasteiger partial charge in [0, 0.05) is 39.1 Å². The quantitative estimate of drug-likeness (QED) is 0.464. The molecule has 0 saturated carbocycles. The maximum absolute atomic E-state index is 11.2. The van der Waals surface area contributed by atoms with E-state index in [1.807, 2.05) is 0 Å². The van der Waals surface area contributed by atoms with Gasteiger partial charge in [-0.15, -0.1) is 0 Å². The fourth-order valence-electron chi connectivity index (χ4n) is 1.82. The van der Waals surface area contributed by atoms with Crippen molar-refractivity contribution >= 4 is 11.8 Å². The zero-order chi connectivity index (χ0) is 14.4. The summed E-state index contributed by atoms with van der Waals surface area (Å²) < 4.78 is 5.50. The lowest BCUT2D eigenvalue weighted by Crippen LogP contribution is -2.28. The van der Waals surface area contributed by atoms with E-state index < -0.39 is 0 Å². The topological polar surface area (TPSA) is 111 Å². The molecule has 0 aromatic carbocycles. The highest BCUT2D eigenvalue weighted by molar-refractivity contribution is 5.75. The molecule has 0 spiro atoms. The second-order valence-corrected chi connectivity index (χ2v) is 4.34. The number of nitrogens with two attached hydrogens (primary N) is 2. The number of amides is 2. The first-order chi connectivity index (χ1) is 8.92. The smallest absolute Gasteiger partial charge is 0.221 e. The molecule has 1 heterocycles. The highest BCUT2D eigenvalue weighted by Gasteiger charge is 2.25. The van der Waals surface area contributed by atoms with E-state index in [-0.39, 0.29) is 23.8 Å². The van der Waals surface area contributed by atoms with E-state index in [2.05, 4.69) is 5.32 Å². The number of carbonyl (C=O) groups excluding carboxylic acids is 2. The van der Waals surface area contributed by atoms with Gasteiger partial charge < -0.3 is 26.4 Å². The van der Waals surface area contributed by atoms with Crippen LogP contribution in [0.1, 0.15) is 20.3 Å². The molecule has 1 fully saturated rings. The first kappa shape index (κ1) is 14.9. The molecule has 7 nitrogen and oxygen atoms in total. The molecule has 19 heavy (non-hydrogen) atoms. The van der Waals surface area contributed by atoms with Crippen molar-refractivity contribution in [3.63, 3.8) is 0 Å². The number of rotatable bonds is 4. The molecule has 1 saturated heterocycles. The summed E-state index contributed by atoms with van der Waals surface area (Å²) in [5, 5.41) is 2.51. The van der Waals surface area contributed by atoms with Gasteiger partial charge in [-0.1, -0.05) is 0 Å². The number of hydrogen-bond donors (Lipinski definition) is 3. The summed E-state index contributed by atoms with van der Waals surface area (Å²) in [6.07, 6.45) is 3.28. The molecular formula is C12H20N4O3. The van der Waals surface area contributed by atoms with Gasteiger partial charge in [-0.2, -0.15) is 0 Å². The molecule has 5 N–H and O–H groups in total. The lowest BCUT2D eigenvalue weighted by molar-refractivity contribution is -0.128. The Labute approximate surface area is 112 Å². The Hall–Kier alpha value is -2.18. The maximum atomic E-state index is 11.2. The molecule has 0 aromatic heterocycles. The summed E-state index contributed by atoms with van der Waals surface area (Å²) in [6, 6.07) is 0. The summed E-state index contributed by atoms with van der Waals surface area (Å²) in [5.74, 6) is -0.0698. The Morgan fingerprint density at radius 1 is 1.42 bits per heavy atom. The van der Waals surface area contributed by atoms with Gasteiger partial charge in [-0.05, 0) is 0 Å². The number of hydrogen-bond acceptors (Lipinski definition) is 5. The summed E-state index contributed by atoms with van der Waals surface area (Å²) in [4.78, 5) is 23.8. The molecule has 1 aliphatic heterocycles. The van der Waals surface area contributed by atoms with Gasteiger partial charge in [0.15, 0.2) is 5.88 Å². The van der Waals surface area contributed by atoms with Crippen LogP contribution in [0.25, 0.3) is 0 Å². The second-order valence-electron chi connectivity index (χ2n) is 4.34. The summed E-state index contributed by atoms with van der Waals surface area (Å²) in [6.45, 7) is 4.08. The monoisotopic (exact) mass is 268 g/mol. The van der Waals surface area contributed by atoms with Crippen LogP contribution in [0.2, 0.25) is 0 Å². The van der Waals surface area contributed by atoms with Crippen molar-refractivity contribution in [2.24, 2.45) is 11.5 Å². The molecule has 0 radical (unpaired) electrons. The minimum absolute atomic E-state index is 0.0226. The van der Waals surface area contributed by atoms with Crippen LogP contribution in [0.5, 0.6) is 0 Å². The van der Waals surface area contributed by atoms with Gasteiger partial charge in [-0.3, -0.25) is 9.59 Å². The highest BCUT2D eigenvalue weighted by atomic mass is 16.5. The van der Waals surface area contributed by atoms with Crippen LogP contribution in [0.3, 0.4) is 0 Å². The SMILES string of the molecule is CC(=O)NC(=C/N)/C=C(\N)O[C@@H]1CCN(C(C)=O)C1. The third kappa shape index (κ3) is 4.90. The molecule has 1 aliphatic rings. The minimum Gasteiger partial charge on any atom is -0.474 e. The van der Waals surface area contributed by atoms with E-state index in [9.17, 15) is 9.59 Å². The molecule has 1 atom stereocenters. The van der Waals surface area contributed by atoms with Crippen molar-refractivity contribution in [1.82, 2.24) is 10.2 Å². The van der Waals surface area contributed by atoms with Crippen molar-refractivity contribution in [3.8, 4) is 0 Å². The van der Waals surface area contributed by atoms with E-state index >= 15 is 0 Å². The lowest BCUT2D eigenvalue weighted by Gasteiger charge is -2.15. The number of ether oxygens (including phenoxy) is 1. The summed E-state index contributed by atoms with van der Waals surface area (Å²) >= 11 is 0. The first-order valence-corrected chi connectivity index (χ1v) is 6.01. The van der Waals surface area contributed by atoms with E-state index in [1.165, 1.54) is 26.1 Å². The molecule has 2 amide bonds. The largest absolute Gasteiger partial charge is 0.474 e. The highest BCUT2D eigenvalue weighted by Crippen LogP contribution is 2.14. The Morgan fingerprint density at radius 3 is 2.58 bits per heavy atom. The van der Waals surface area contributed by atoms with Crippen molar-refractivity contribution in [2.75, 3.05) is 13.1 Å². The van der Waals surface area contributed by atoms with Crippen LogP contribution in [0.15, 0.2) is 23.9 Å². The standard InChI is InChI=1S/C12H20N4O3/c1-8(17)15-10(6-13)5-12(14)19-11-3-4-16(7-11)9(2)18/h5-6,11H,3-4,7,13-14H2,1-2H3,(H,15,17)/b10-6+,12-5+/t11-/m1/s1. The molecule has 0 unspecified atom stereocenters. The third-order valence-electron chi connectivity index (χ3n) is 2.69. The number of nitrogens with zero attached hydrogens (tertiary/aromatic N) is 1. The van der Waals surface area contributed by atoms with Crippen LogP contribution < -0.4 is 16.8 Å². The Balaban J connectivity index is 2.53. The van der Waals surface area contributed by atoms with Gasteiger partial charge in [0.2, 0.25) is 11.8 Å². The molecule has 0 aliphatic carbocycles. The molecular weight excluding hydrogens is 248 g/mol. The van der Waals surface area contributed by atoms with E-state index in [0.29, 0.717) is 18.8 Å². The fraction of sp³-hybridized carbons (Fsp3) is 0.500. The maximum Gasteiger partial charge on any atom is 0.221 e. The van der Waals surface area contributed by atoms with Crippen molar-refractivity contribution in [1.29, 1.82) is 0 Å². The van der Waals surface area contributed by atoms with Crippen molar-refractivity contribution in [2.45, 2.75) is 26.4 Å². The predicted molar refractivity (Wildman–Crippen MR) is 70.1 cm³/mol. The second kappa shape index (κ2) is 6.67. The number of likely N-dealkylation sites (tertiary alicyclic amines) is 1. The third-order valence-corrected chi connectivity index (χ3v) is 2.69. The number of carbonyl (C=O) groups is 2. The minimum atomic E-state index is -0.246. The van der Waals surface area contributed by atoms with E-state index in [0.717, 1.165) is 6.42 Å². The number of nitrogens with one attached hydrogen (secondary N) is 1. The zero-order valence-corrected chi connectivity index (χ0v) is 11.2. The Bertz CT molecular complexity index is 417. The fourth-order valence-corrected chi connectivity index (χ4v) is 1.82. The summed E-state index contributed by atoms with van der Waals surface area (Å²) in [5.41, 5.74) is 11.4. The molecule has 106 valence electrons. The van der Waals surface area contributed by atoms with Gasteiger partial charge in [-0.25, -0.2) is 0 Å². The van der Waals surface area contributed by atoms with Gasteiger partial charge >= 0.3 is 0 Å². The van der Waals surface area contributed by atoms with Crippen molar-refractivity contribution < 1.29 is 14.3 Å². The molecule has 7 heteroatoms. The predicted octanol–water partition coefficient (Wildman–Crippen LogP) is -0.640. The van der Waals surface area contributed by atoms with Gasteiger partial charge in [0.05, 0.1) is 12.2 Å². The zero-order valence-electron chi connectivity index (χ0n) is 11.2. The normalized spacial score (nSPS) is 20.3. The average molecular weight is 268 g/mol. The first-order valence-electron chi connectivity index (χ1n) is 6.01. The Morgan fingerprint density at radius 2 is 2.11 bits per heavy atom. The van der Waals surface area contributed by atoms with Crippen LogP contribution in [0, 0.1) is 0 Å². The number of allylic oxidation sites excluding steroid dienone is 1.